The number of amides is 1. The van der Waals surface area contributed by atoms with Crippen LogP contribution in [-0.2, 0) is 11.4 Å². The number of aromatic nitrogens is 1. The molecule has 150 valence electrons. The summed E-state index contributed by atoms with van der Waals surface area (Å²) >= 11 is 7.49. The van der Waals surface area contributed by atoms with E-state index in [-0.39, 0.29) is 11.8 Å². The molecule has 0 spiro atoms. The fourth-order valence-corrected chi connectivity index (χ4v) is 4.39. The van der Waals surface area contributed by atoms with Crippen LogP contribution in [0.1, 0.15) is 28.3 Å². The van der Waals surface area contributed by atoms with E-state index in [9.17, 15) is 4.79 Å². The van der Waals surface area contributed by atoms with Crippen LogP contribution in [0, 0.1) is 0 Å². The number of benzene rings is 2. The Morgan fingerprint density at radius 3 is 2.76 bits per heavy atom. The van der Waals surface area contributed by atoms with Crippen molar-refractivity contribution in [2.75, 3.05) is 24.8 Å². The van der Waals surface area contributed by atoms with Gasteiger partial charge in [0.25, 0.3) is 0 Å². The first kappa shape index (κ1) is 19.5. The van der Waals surface area contributed by atoms with Gasteiger partial charge in [0.2, 0.25) is 5.91 Å². The lowest BCUT2D eigenvalue weighted by Crippen LogP contribution is -2.22. The van der Waals surface area contributed by atoms with Crippen LogP contribution in [0.15, 0.2) is 42.5 Å². The smallest absolute Gasteiger partial charge is 0.226 e. The molecule has 2 aromatic carbocycles. The molecule has 29 heavy (non-hydrogen) atoms. The van der Waals surface area contributed by atoms with Gasteiger partial charge in [0.05, 0.1) is 12.0 Å². The Bertz CT molecular complexity index is 1040. The molecule has 2 heterocycles. The van der Waals surface area contributed by atoms with Gasteiger partial charge in [-0.15, -0.1) is 0 Å². The highest BCUT2D eigenvalue weighted by Crippen LogP contribution is 2.44. The minimum atomic E-state index is -0.0814. The Labute approximate surface area is 177 Å². The summed E-state index contributed by atoms with van der Waals surface area (Å²) in [4.78, 5) is 17.7. The molecule has 1 amide bonds. The molecular formula is C21H20ClN3O3S. The van der Waals surface area contributed by atoms with Gasteiger partial charge in [-0.2, -0.15) is 0 Å². The summed E-state index contributed by atoms with van der Waals surface area (Å²) in [6.45, 7) is 0.387. The van der Waals surface area contributed by atoms with Crippen LogP contribution in [0.3, 0.4) is 0 Å². The second kappa shape index (κ2) is 8.31. The quantitative estimate of drug-likeness (QED) is 0.583. The largest absolute Gasteiger partial charge is 0.493 e. The van der Waals surface area contributed by atoms with Crippen molar-refractivity contribution in [2.45, 2.75) is 18.9 Å². The fourth-order valence-electron chi connectivity index (χ4n) is 3.26. The van der Waals surface area contributed by atoms with Crippen molar-refractivity contribution >= 4 is 39.8 Å². The van der Waals surface area contributed by atoms with Gasteiger partial charge in [0, 0.05) is 24.4 Å². The Morgan fingerprint density at radius 1 is 1.24 bits per heavy atom. The number of nitrogens with one attached hydrogen (secondary N) is 2. The molecule has 6 nitrogen and oxygen atoms in total. The van der Waals surface area contributed by atoms with Crippen LogP contribution in [-0.4, -0.2) is 25.0 Å². The number of anilines is 2. The van der Waals surface area contributed by atoms with Gasteiger partial charge in [-0.05, 0) is 35.4 Å². The minimum absolute atomic E-state index is 0.0464. The number of hydrogen-bond donors (Lipinski definition) is 2. The number of nitrogens with zero attached hydrogens (tertiary/aromatic N) is 1. The van der Waals surface area contributed by atoms with Crippen molar-refractivity contribution in [3.63, 3.8) is 0 Å². The Kier molecular flexibility index (Phi) is 5.60. The maximum atomic E-state index is 12.2. The van der Waals surface area contributed by atoms with E-state index >= 15 is 0 Å². The summed E-state index contributed by atoms with van der Waals surface area (Å²) in [5.41, 5.74) is 1.99. The van der Waals surface area contributed by atoms with E-state index in [1.54, 1.807) is 18.4 Å². The Balaban J connectivity index is 1.63. The predicted octanol–water partition coefficient (Wildman–Crippen LogP) is 4.90. The molecule has 3 aromatic rings. The summed E-state index contributed by atoms with van der Waals surface area (Å²) in [5.74, 6) is 1.77. The molecule has 0 radical (unpaired) electrons. The van der Waals surface area contributed by atoms with Crippen LogP contribution in [0.4, 0.5) is 10.9 Å². The zero-order chi connectivity index (χ0) is 20.4. The average Bonchev–Trinajstić information content (AvgIpc) is 3.15. The van der Waals surface area contributed by atoms with Crippen LogP contribution in [0.5, 0.6) is 11.5 Å². The molecule has 0 bridgehead atoms. The SMILES string of the molecule is CNc1nc2c(s1)[C@@H](c1ccc(OC)c(OCc3ccc(Cl)cc3)c1)CC(=O)N2. The third kappa shape index (κ3) is 4.16. The molecule has 4 rings (SSSR count). The van der Waals surface area contributed by atoms with Gasteiger partial charge in [-0.1, -0.05) is 41.1 Å². The first-order chi connectivity index (χ1) is 14.1. The zero-order valence-electron chi connectivity index (χ0n) is 16.0. The van der Waals surface area contributed by atoms with Crippen molar-refractivity contribution in [3.05, 3.63) is 63.5 Å². The first-order valence-electron chi connectivity index (χ1n) is 9.11. The van der Waals surface area contributed by atoms with Crippen LogP contribution in [0.2, 0.25) is 5.02 Å². The van der Waals surface area contributed by atoms with E-state index < -0.39 is 0 Å². The third-order valence-corrected chi connectivity index (χ3v) is 6.17. The molecule has 0 saturated carbocycles. The molecular weight excluding hydrogens is 410 g/mol. The van der Waals surface area contributed by atoms with Gasteiger partial charge in [-0.25, -0.2) is 4.98 Å². The molecule has 8 heteroatoms. The molecule has 1 aliphatic rings. The Hall–Kier alpha value is -2.77. The summed E-state index contributed by atoms with van der Waals surface area (Å²) in [6, 6.07) is 13.3. The van der Waals surface area contributed by atoms with Crippen molar-refractivity contribution in [1.29, 1.82) is 0 Å². The standard InChI is InChI=1S/C21H20ClN3O3S/c1-23-21-25-20-19(29-21)15(10-18(26)24-20)13-5-8-16(27-2)17(9-13)28-11-12-3-6-14(22)7-4-12/h3-9,15H,10-11H2,1-2H3,(H,23,25)(H,24,26)/t15-/m1/s1. The van der Waals surface area contributed by atoms with Crippen molar-refractivity contribution in [3.8, 4) is 11.5 Å². The molecule has 1 aromatic heterocycles. The van der Waals surface area contributed by atoms with Gasteiger partial charge in [0.15, 0.2) is 16.6 Å². The Morgan fingerprint density at radius 2 is 2.03 bits per heavy atom. The second-order valence-electron chi connectivity index (χ2n) is 6.61. The lowest BCUT2D eigenvalue weighted by atomic mass is 9.91. The average molecular weight is 430 g/mol. The van der Waals surface area contributed by atoms with E-state index in [1.807, 2.05) is 49.5 Å². The molecule has 0 aliphatic carbocycles. The van der Waals surface area contributed by atoms with Gasteiger partial charge >= 0.3 is 0 Å². The normalized spacial score (nSPS) is 15.4. The summed E-state index contributed by atoms with van der Waals surface area (Å²) in [5, 5.41) is 7.36. The molecule has 0 fully saturated rings. The zero-order valence-corrected chi connectivity index (χ0v) is 17.6. The number of ether oxygens (including phenoxy) is 2. The number of carbonyl (C=O) groups excluding carboxylic acids is 1. The highest BCUT2D eigenvalue weighted by molar-refractivity contribution is 7.16. The number of halogens is 1. The number of hydrogen-bond acceptors (Lipinski definition) is 6. The maximum absolute atomic E-state index is 12.2. The van der Waals surface area contributed by atoms with Crippen LogP contribution in [0.25, 0.3) is 0 Å². The fraction of sp³-hybridized carbons (Fsp3) is 0.238. The number of methoxy groups -OCH3 is 1. The van der Waals surface area contributed by atoms with E-state index in [0.29, 0.717) is 35.4 Å². The topological polar surface area (TPSA) is 72.5 Å². The van der Waals surface area contributed by atoms with E-state index in [0.717, 1.165) is 21.1 Å². The summed E-state index contributed by atoms with van der Waals surface area (Å²) in [7, 11) is 3.43. The summed E-state index contributed by atoms with van der Waals surface area (Å²) in [6.07, 6.45) is 0.362. The number of thiazole rings is 1. The lowest BCUT2D eigenvalue weighted by Gasteiger charge is -2.22. The van der Waals surface area contributed by atoms with Crippen molar-refractivity contribution < 1.29 is 14.3 Å². The monoisotopic (exact) mass is 429 g/mol. The van der Waals surface area contributed by atoms with Gasteiger partial charge in [-0.3, -0.25) is 4.79 Å². The van der Waals surface area contributed by atoms with Crippen molar-refractivity contribution in [2.24, 2.45) is 0 Å². The van der Waals surface area contributed by atoms with Gasteiger partial charge in [0.1, 0.15) is 12.4 Å². The van der Waals surface area contributed by atoms with Gasteiger partial charge < -0.3 is 20.1 Å². The van der Waals surface area contributed by atoms with E-state index in [2.05, 4.69) is 15.6 Å². The molecule has 1 atom stereocenters. The maximum Gasteiger partial charge on any atom is 0.226 e. The minimum Gasteiger partial charge on any atom is -0.493 e. The second-order valence-corrected chi connectivity index (χ2v) is 8.08. The molecule has 1 aliphatic heterocycles. The van der Waals surface area contributed by atoms with Crippen molar-refractivity contribution in [1.82, 2.24) is 4.98 Å². The third-order valence-electron chi connectivity index (χ3n) is 4.73. The van der Waals surface area contributed by atoms with E-state index in [1.165, 1.54) is 0 Å². The number of rotatable bonds is 6. The molecule has 0 saturated heterocycles. The molecule has 0 unspecified atom stereocenters. The number of carbonyl (C=O) groups is 1. The number of fused-ring (bicyclic) bond motifs is 1. The van der Waals surface area contributed by atoms with Crippen LogP contribution < -0.4 is 20.1 Å². The highest BCUT2D eigenvalue weighted by Gasteiger charge is 2.30. The first-order valence-corrected chi connectivity index (χ1v) is 10.3. The highest BCUT2D eigenvalue weighted by atomic mass is 35.5. The molecule has 2 N–H and O–H groups in total. The van der Waals surface area contributed by atoms with E-state index in [4.69, 9.17) is 21.1 Å². The van der Waals surface area contributed by atoms with Crippen LogP contribution >= 0.6 is 22.9 Å². The lowest BCUT2D eigenvalue weighted by molar-refractivity contribution is -0.116. The summed E-state index contributed by atoms with van der Waals surface area (Å²) < 4.78 is 11.5. The predicted molar refractivity (Wildman–Crippen MR) is 116 cm³/mol.